The lowest BCUT2D eigenvalue weighted by Crippen LogP contribution is -2.45. The molecule has 0 amide bonds. The van der Waals surface area contributed by atoms with Gasteiger partial charge in [-0.1, -0.05) is 60.7 Å². The maximum Gasteiger partial charge on any atom is 0.331 e. The Morgan fingerprint density at radius 2 is 1.46 bits per heavy atom. The third-order valence-corrected chi connectivity index (χ3v) is 6.67. The van der Waals surface area contributed by atoms with Gasteiger partial charge in [0, 0.05) is 32.8 Å². The molecule has 2 aromatic rings. The van der Waals surface area contributed by atoms with Crippen LogP contribution in [0.25, 0.3) is 0 Å². The summed E-state index contributed by atoms with van der Waals surface area (Å²) in [6, 6.07) is 19.6. The van der Waals surface area contributed by atoms with Gasteiger partial charge in [-0.05, 0) is 24.2 Å². The molecule has 0 atom stereocenters. The lowest BCUT2D eigenvalue weighted by molar-refractivity contribution is -0.144. The Hall–Kier alpha value is -1.99. The summed E-state index contributed by atoms with van der Waals surface area (Å²) < 4.78 is 17.4. The minimum atomic E-state index is -1.95. The third kappa shape index (κ3) is 6.00. The average molecular weight is 400 g/mol. The van der Waals surface area contributed by atoms with Gasteiger partial charge in [0.1, 0.15) is 12.5 Å². The largest absolute Gasteiger partial charge is 0.464 e. The molecule has 0 radical (unpaired) electrons. The number of benzene rings is 2. The number of rotatable bonds is 6. The number of ether oxygens (including phenoxy) is 1. The number of esters is 1. The van der Waals surface area contributed by atoms with Crippen LogP contribution >= 0.6 is 0 Å². The van der Waals surface area contributed by atoms with Crippen LogP contribution in [0.5, 0.6) is 0 Å². The molecular formula is C22H29NO4Si. The van der Waals surface area contributed by atoms with Crippen molar-refractivity contribution in [2.45, 2.75) is 19.0 Å². The van der Waals surface area contributed by atoms with Crippen molar-refractivity contribution >= 4 is 14.5 Å². The smallest absolute Gasteiger partial charge is 0.331 e. The van der Waals surface area contributed by atoms with E-state index in [4.69, 9.17) is 13.6 Å². The van der Waals surface area contributed by atoms with Gasteiger partial charge < -0.3 is 13.6 Å². The van der Waals surface area contributed by atoms with Crippen LogP contribution in [-0.4, -0.2) is 58.9 Å². The van der Waals surface area contributed by atoms with Gasteiger partial charge in [0.15, 0.2) is 0 Å². The van der Waals surface area contributed by atoms with Crippen molar-refractivity contribution in [3.05, 3.63) is 71.8 Å². The standard InChI is InChI=1S/C22H29NO4Si/c1-28(2)26-17-14-23(15-18-27-28)13-16-25-22(24)21(19-9-5-3-6-10-19)20-11-7-4-8-12-20/h3-12,21H,13-18H2,1-2H3. The minimum absolute atomic E-state index is 0.217. The second-order valence-electron chi connectivity index (χ2n) is 7.36. The fourth-order valence-corrected chi connectivity index (χ4v) is 4.58. The Kier molecular flexibility index (Phi) is 7.39. The fraction of sp³-hybridized carbons (Fsp3) is 0.409. The molecule has 0 unspecified atom stereocenters. The van der Waals surface area contributed by atoms with Crippen LogP contribution in [0.15, 0.2) is 60.7 Å². The number of hydrogen-bond donors (Lipinski definition) is 0. The van der Waals surface area contributed by atoms with Gasteiger partial charge in [-0.25, -0.2) is 0 Å². The number of carbonyl (C=O) groups is 1. The Morgan fingerprint density at radius 1 is 0.964 bits per heavy atom. The lowest BCUT2D eigenvalue weighted by atomic mass is 9.91. The highest BCUT2D eigenvalue weighted by Crippen LogP contribution is 2.25. The van der Waals surface area contributed by atoms with E-state index in [-0.39, 0.29) is 5.97 Å². The van der Waals surface area contributed by atoms with Crippen molar-refractivity contribution in [2.24, 2.45) is 0 Å². The van der Waals surface area contributed by atoms with Gasteiger partial charge in [0.2, 0.25) is 0 Å². The summed E-state index contributed by atoms with van der Waals surface area (Å²) in [6.07, 6.45) is 0. The molecule has 0 N–H and O–H groups in total. The van der Waals surface area contributed by atoms with Gasteiger partial charge >= 0.3 is 14.5 Å². The van der Waals surface area contributed by atoms with E-state index in [0.717, 1.165) is 24.2 Å². The molecule has 1 heterocycles. The zero-order valence-corrected chi connectivity index (χ0v) is 17.7. The van der Waals surface area contributed by atoms with E-state index in [1.165, 1.54) is 0 Å². The Morgan fingerprint density at radius 3 is 1.96 bits per heavy atom. The first-order valence-corrected chi connectivity index (χ1v) is 12.6. The van der Waals surface area contributed by atoms with Crippen LogP contribution < -0.4 is 0 Å². The van der Waals surface area contributed by atoms with Crippen molar-refractivity contribution in [1.29, 1.82) is 0 Å². The summed E-state index contributed by atoms with van der Waals surface area (Å²) in [5.41, 5.74) is 1.89. The molecule has 1 fully saturated rings. The number of nitrogens with zero attached hydrogens (tertiary/aromatic N) is 1. The van der Waals surface area contributed by atoms with Gasteiger partial charge in [0.25, 0.3) is 0 Å². The molecule has 0 spiro atoms. The summed E-state index contributed by atoms with van der Waals surface area (Å²) in [6.45, 7) is 8.14. The summed E-state index contributed by atoms with van der Waals surface area (Å²) in [7, 11) is -1.95. The zero-order valence-electron chi connectivity index (χ0n) is 16.7. The van der Waals surface area contributed by atoms with Gasteiger partial charge in [-0.2, -0.15) is 0 Å². The zero-order chi connectivity index (χ0) is 19.8. The highest BCUT2D eigenvalue weighted by atomic mass is 28.4. The molecule has 2 aromatic carbocycles. The predicted molar refractivity (Wildman–Crippen MR) is 112 cm³/mol. The molecule has 1 aliphatic heterocycles. The highest BCUT2D eigenvalue weighted by Gasteiger charge is 2.27. The van der Waals surface area contributed by atoms with Crippen LogP contribution in [0.4, 0.5) is 0 Å². The van der Waals surface area contributed by atoms with Gasteiger partial charge in [-0.15, -0.1) is 0 Å². The van der Waals surface area contributed by atoms with Crippen molar-refractivity contribution in [3.63, 3.8) is 0 Å². The van der Waals surface area contributed by atoms with E-state index in [1.54, 1.807) is 0 Å². The molecule has 0 aromatic heterocycles. The minimum Gasteiger partial charge on any atom is -0.464 e. The molecule has 150 valence electrons. The molecule has 0 bridgehead atoms. The number of carbonyl (C=O) groups excluding carboxylic acids is 1. The van der Waals surface area contributed by atoms with Crippen molar-refractivity contribution < 1.29 is 18.4 Å². The summed E-state index contributed by atoms with van der Waals surface area (Å²) in [5, 5.41) is 0. The molecule has 1 saturated heterocycles. The second kappa shape index (κ2) is 9.98. The van der Waals surface area contributed by atoms with E-state index in [1.807, 2.05) is 60.7 Å². The van der Waals surface area contributed by atoms with E-state index in [2.05, 4.69) is 18.0 Å². The molecular weight excluding hydrogens is 370 g/mol. The van der Waals surface area contributed by atoms with Gasteiger partial charge in [0.05, 0.1) is 0 Å². The summed E-state index contributed by atoms with van der Waals surface area (Å²) in [4.78, 5) is 15.1. The van der Waals surface area contributed by atoms with Crippen LogP contribution in [-0.2, 0) is 18.4 Å². The first-order valence-electron chi connectivity index (χ1n) is 9.82. The van der Waals surface area contributed by atoms with Crippen LogP contribution in [0.3, 0.4) is 0 Å². The molecule has 0 saturated carbocycles. The molecule has 1 aliphatic rings. The van der Waals surface area contributed by atoms with E-state index >= 15 is 0 Å². The topological polar surface area (TPSA) is 48.0 Å². The third-order valence-electron chi connectivity index (χ3n) is 4.87. The summed E-state index contributed by atoms with van der Waals surface area (Å²) >= 11 is 0. The molecule has 6 heteroatoms. The monoisotopic (exact) mass is 399 g/mol. The van der Waals surface area contributed by atoms with Gasteiger partial charge in [-0.3, -0.25) is 9.69 Å². The maximum atomic E-state index is 12.9. The molecule has 5 nitrogen and oxygen atoms in total. The Bertz CT molecular complexity index is 687. The quantitative estimate of drug-likeness (QED) is 0.550. The van der Waals surface area contributed by atoms with Crippen molar-refractivity contribution in [2.75, 3.05) is 39.5 Å². The average Bonchev–Trinajstić information content (AvgIpc) is 2.68. The molecule has 28 heavy (non-hydrogen) atoms. The Balaban J connectivity index is 1.57. The van der Waals surface area contributed by atoms with Crippen LogP contribution in [0, 0.1) is 0 Å². The van der Waals surface area contributed by atoms with Crippen molar-refractivity contribution in [1.82, 2.24) is 4.90 Å². The molecule has 0 aliphatic carbocycles. The fourth-order valence-electron chi connectivity index (χ4n) is 3.33. The SMILES string of the molecule is C[Si]1(C)OCCN(CCOC(=O)C(c2ccccc2)c2ccccc2)CCO1. The molecule has 3 rings (SSSR count). The first kappa shape index (κ1) is 20.7. The highest BCUT2D eigenvalue weighted by molar-refractivity contribution is 6.64. The second-order valence-corrected chi connectivity index (χ2v) is 10.7. The van der Waals surface area contributed by atoms with Crippen molar-refractivity contribution in [3.8, 4) is 0 Å². The number of hydrogen-bond acceptors (Lipinski definition) is 5. The first-order chi connectivity index (χ1) is 13.6. The maximum absolute atomic E-state index is 12.9. The van der Waals surface area contributed by atoms with Crippen LogP contribution in [0.2, 0.25) is 13.1 Å². The summed E-state index contributed by atoms with van der Waals surface area (Å²) in [5.74, 6) is -0.626. The Labute approximate surface area is 168 Å². The lowest BCUT2D eigenvalue weighted by Gasteiger charge is -2.31. The van der Waals surface area contributed by atoms with E-state index in [9.17, 15) is 4.79 Å². The van der Waals surface area contributed by atoms with E-state index < -0.39 is 14.5 Å². The normalized spacial score (nSPS) is 17.7. The van der Waals surface area contributed by atoms with Crippen LogP contribution in [0.1, 0.15) is 17.0 Å². The van der Waals surface area contributed by atoms with E-state index in [0.29, 0.717) is 26.4 Å². The predicted octanol–water partition coefficient (Wildman–Crippen LogP) is 3.41.